The van der Waals surface area contributed by atoms with E-state index >= 15 is 0 Å². The van der Waals surface area contributed by atoms with Gasteiger partial charge in [-0.2, -0.15) is 0 Å². The van der Waals surface area contributed by atoms with Gasteiger partial charge in [-0.05, 0) is 41.6 Å². The van der Waals surface area contributed by atoms with Crippen LogP contribution in [0.4, 0.5) is 0 Å². The van der Waals surface area contributed by atoms with Gasteiger partial charge < -0.3 is 10.0 Å². The minimum Gasteiger partial charge on any atom is -0.423 e. The SMILES string of the molecule is Cc1cccc(-c2ccccc2B(O)O)c1C. The summed E-state index contributed by atoms with van der Waals surface area (Å²) in [7, 11) is -1.44. The average Bonchev–Trinajstić information content (AvgIpc) is 2.33. The zero-order valence-corrected chi connectivity index (χ0v) is 10.0. The normalized spacial score (nSPS) is 10.4. The molecule has 0 saturated carbocycles. The van der Waals surface area contributed by atoms with Crippen LogP contribution < -0.4 is 5.46 Å². The summed E-state index contributed by atoms with van der Waals surface area (Å²) in [5, 5.41) is 18.8. The van der Waals surface area contributed by atoms with Crippen molar-refractivity contribution in [2.45, 2.75) is 13.8 Å². The molecule has 2 N–H and O–H groups in total. The lowest BCUT2D eigenvalue weighted by Crippen LogP contribution is -2.31. The summed E-state index contributed by atoms with van der Waals surface area (Å²) in [4.78, 5) is 0. The Kier molecular flexibility index (Phi) is 3.32. The van der Waals surface area contributed by atoms with E-state index in [9.17, 15) is 10.0 Å². The molecule has 3 heteroatoms. The van der Waals surface area contributed by atoms with Crippen LogP contribution in [-0.2, 0) is 0 Å². The van der Waals surface area contributed by atoms with Gasteiger partial charge in [-0.3, -0.25) is 0 Å². The van der Waals surface area contributed by atoms with Gasteiger partial charge in [0.1, 0.15) is 0 Å². The average molecular weight is 226 g/mol. The van der Waals surface area contributed by atoms with Crippen LogP contribution in [0.5, 0.6) is 0 Å². The van der Waals surface area contributed by atoms with Crippen LogP contribution in [0, 0.1) is 13.8 Å². The molecule has 0 bridgehead atoms. The zero-order chi connectivity index (χ0) is 12.4. The molecule has 17 heavy (non-hydrogen) atoms. The number of hydrogen-bond acceptors (Lipinski definition) is 2. The van der Waals surface area contributed by atoms with Crippen LogP contribution in [0.3, 0.4) is 0 Å². The van der Waals surface area contributed by atoms with Crippen molar-refractivity contribution in [3.05, 3.63) is 53.6 Å². The number of rotatable bonds is 2. The van der Waals surface area contributed by atoms with E-state index in [1.165, 1.54) is 11.1 Å². The molecule has 2 rings (SSSR count). The summed E-state index contributed by atoms with van der Waals surface area (Å²) in [5.41, 5.74) is 4.84. The minimum absolute atomic E-state index is 0.543. The summed E-state index contributed by atoms with van der Waals surface area (Å²) < 4.78 is 0. The van der Waals surface area contributed by atoms with E-state index in [4.69, 9.17) is 0 Å². The molecular formula is C14H15BO2. The predicted octanol–water partition coefficient (Wildman–Crippen LogP) is 1.65. The Morgan fingerprint density at radius 1 is 0.824 bits per heavy atom. The van der Waals surface area contributed by atoms with Crippen LogP contribution in [0.25, 0.3) is 11.1 Å². The smallest absolute Gasteiger partial charge is 0.423 e. The van der Waals surface area contributed by atoms with Gasteiger partial charge >= 0.3 is 7.12 Å². The quantitative estimate of drug-likeness (QED) is 0.764. The monoisotopic (exact) mass is 226 g/mol. The fourth-order valence-electron chi connectivity index (χ4n) is 2.01. The number of hydrogen-bond donors (Lipinski definition) is 2. The lowest BCUT2D eigenvalue weighted by Gasteiger charge is -2.13. The third-order valence-electron chi connectivity index (χ3n) is 3.13. The van der Waals surface area contributed by atoms with Gasteiger partial charge in [0.25, 0.3) is 0 Å². The van der Waals surface area contributed by atoms with Crippen LogP contribution in [0.15, 0.2) is 42.5 Å². The molecule has 0 aliphatic heterocycles. The second kappa shape index (κ2) is 4.74. The van der Waals surface area contributed by atoms with E-state index in [2.05, 4.69) is 13.0 Å². The Labute approximate surface area is 102 Å². The number of benzene rings is 2. The van der Waals surface area contributed by atoms with Crippen LogP contribution in [-0.4, -0.2) is 17.2 Å². The van der Waals surface area contributed by atoms with Gasteiger partial charge in [-0.25, -0.2) is 0 Å². The molecule has 0 aromatic heterocycles. The van der Waals surface area contributed by atoms with E-state index in [1.807, 2.05) is 37.3 Å². The van der Waals surface area contributed by atoms with Gasteiger partial charge in [0, 0.05) is 0 Å². The Bertz CT molecular complexity index is 535. The molecule has 0 atom stereocenters. The van der Waals surface area contributed by atoms with Crippen LogP contribution in [0.2, 0.25) is 0 Å². The van der Waals surface area contributed by atoms with Crippen molar-refractivity contribution >= 4 is 12.6 Å². The maximum atomic E-state index is 9.38. The van der Waals surface area contributed by atoms with Gasteiger partial charge in [0.05, 0.1) is 0 Å². The first-order valence-electron chi connectivity index (χ1n) is 5.63. The molecule has 2 aromatic rings. The van der Waals surface area contributed by atoms with Crippen molar-refractivity contribution in [2.24, 2.45) is 0 Å². The summed E-state index contributed by atoms with van der Waals surface area (Å²) in [6.45, 7) is 4.10. The summed E-state index contributed by atoms with van der Waals surface area (Å²) >= 11 is 0. The Morgan fingerprint density at radius 3 is 2.18 bits per heavy atom. The van der Waals surface area contributed by atoms with Gasteiger partial charge in [-0.1, -0.05) is 42.5 Å². The second-order valence-electron chi connectivity index (χ2n) is 4.21. The fraction of sp³-hybridized carbons (Fsp3) is 0.143. The molecule has 0 aliphatic carbocycles. The van der Waals surface area contributed by atoms with Crippen molar-refractivity contribution in [3.63, 3.8) is 0 Å². The Balaban J connectivity index is 2.64. The zero-order valence-electron chi connectivity index (χ0n) is 10.0. The molecule has 0 radical (unpaired) electrons. The largest absolute Gasteiger partial charge is 0.489 e. The maximum Gasteiger partial charge on any atom is 0.489 e. The van der Waals surface area contributed by atoms with Crippen molar-refractivity contribution in [1.82, 2.24) is 0 Å². The van der Waals surface area contributed by atoms with Crippen LogP contribution >= 0.6 is 0 Å². The molecule has 0 unspecified atom stereocenters. The van der Waals surface area contributed by atoms with Gasteiger partial charge in [0.2, 0.25) is 0 Å². The van der Waals surface area contributed by atoms with E-state index < -0.39 is 7.12 Å². The highest BCUT2D eigenvalue weighted by Crippen LogP contribution is 2.24. The summed E-state index contributed by atoms with van der Waals surface area (Å²) in [5.74, 6) is 0. The van der Waals surface area contributed by atoms with Crippen molar-refractivity contribution in [2.75, 3.05) is 0 Å². The van der Waals surface area contributed by atoms with Gasteiger partial charge in [-0.15, -0.1) is 0 Å². The van der Waals surface area contributed by atoms with Crippen molar-refractivity contribution in [1.29, 1.82) is 0 Å². The Morgan fingerprint density at radius 2 is 1.47 bits per heavy atom. The molecular weight excluding hydrogens is 211 g/mol. The first kappa shape index (κ1) is 11.9. The van der Waals surface area contributed by atoms with E-state index in [0.29, 0.717) is 5.46 Å². The highest BCUT2D eigenvalue weighted by atomic mass is 16.4. The first-order chi connectivity index (χ1) is 8.11. The third-order valence-corrected chi connectivity index (χ3v) is 3.13. The molecule has 0 fully saturated rings. The van der Waals surface area contributed by atoms with E-state index in [0.717, 1.165) is 11.1 Å². The molecule has 0 amide bonds. The van der Waals surface area contributed by atoms with E-state index in [1.54, 1.807) is 6.07 Å². The summed E-state index contributed by atoms with van der Waals surface area (Å²) in [6, 6.07) is 13.4. The molecule has 0 saturated heterocycles. The second-order valence-corrected chi connectivity index (χ2v) is 4.21. The fourth-order valence-corrected chi connectivity index (χ4v) is 2.01. The lowest BCUT2D eigenvalue weighted by atomic mass is 9.75. The number of aryl methyl sites for hydroxylation is 1. The molecule has 0 spiro atoms. The molecule has 0 aliphatic rings. The van der Waals surface area contributed by atoms with Gasteiger partial charge in [0.15, 0.2) is 0 Å². The highest BCUT2D eigenvalue weighted by molar-refractivity contribution is 6.60. The van der Waals surface area contributed by atoms with E-state index in [-0.39, 0.29) is 0 Å². The molecule has 2 aromatic carbocycles. The van der Waals surface area contributed by atoms with Crippen molar-refractivity contribution < 1.29 is 10.0 Å². The maximum absolute atomic E-state index is 9.38. The molecule has 86 valence electrons. The molecule has 0 heterocycles. The first-order valence-corrected chi connectivity index (χ1v) is 5.63. The highest BCUT2D eigenvalue weighted by Gasteiger charge is 2.17. The summed E-state index contributed by atoms with van der Waals surface area (Å²) in [6.07, 6.45) is 0. The Hall–Kier alpha value is -1.58. The van der Waals surface area contributed by atoms with Crippen LogP contribution in [0.1, 0.15) is 11.1 Å². The molecule has 2 nitrogen and oxygen atoms in total. The minimum atomic E-state index is -1.44. The van der Waals surface area contributed by atoms with Crippen molar-refractivity contribution in [3.8, 4) is 11.1 Å². The predicted molar refractivity (Wildman–Crippen MR) is 71.2 cm³/mol. The topological polar surface area (TPSA) is 40.5 Å². The lowest BCUT2D eigenvalue weighted by molar-refractivity contribution is 0.426. The third kappa shape index (κ3) is 2.26. The standard InChI is InChI=1S/C14H15BO2/c1-10-6-5-8-12(11(10)2)13-7-3-4-9-14(13)15(16)17/h3-9,16-17H,1-2H3.